The van der Waals surface area contributed by atoms with Gasteiger partial charge in [-0.05, 0) is 87.4 Å². The molecule has 0 spiro atoms. The Morgan fingerprint density at radius 2 is 0.935 bits per heavy atom. The smallest absolute Gasteiger partial charge is 0.269 e. The molecule has 0 saturated heterocycles. The number of nitrogens with zero attached hydrogens (tertiary/aromatic N) is 8. The first kappa shape index (κ1) is 30.9. The van der Waals surface area contributed by atoms with Crippen LogP contribution in [-0.2, 0) is 9.59 Å². The van der Waals surface area contributed by atoms with Crippen molar-refractivity contribution in [2.75, 3.05) is 10.0 Å². The van der Waals surface area contributed by atoms with Crippen LogP contribution in [0.3, 0.4) is 0 Å². The lowest BCUT2D eigenvalue weighted by Gasteiger charge is -2.12. The van der Waals surface area contributed by atoms with E-state index in [-0.39, 0.29) is 11.8 Å². The number of aryl methyl sites for hydroxylation is 2. The molecule has 0 saturated carbocycles. The first-order valence-corrected chi connectivity index (χ1v) is 15.2. The Balaban J connectivity index is 1.13. The molecule has 4 aromatic carbocycles. The van der Waals surface area contributed by atoms with Crippen molar-refractivity contribution in [1.82, 2.24) is 0 Å². The number of hydrazone groups is 2. The zero-order valence-electron chi connectivity index (χ0n) is 25.4. The van der Waals surface area contributed by atoms with Gasteiger partial charge in [0, 0.05) is 0 Å². The SMILES string of the molecule is CC1=NN(c2ccc(C)cc2)C(=O)[C@@H]1N=Nc1ccc(-c2ccc(N=N[C@H]3C(=O)N(c4ccc(C)cc4)N=C3C)c(Cl)c2)cc1Cl. The fourth-order valence-electron chi connectivity index (χ4n) is 4.90. The standard InChI is InChI=1S/C34H28Cl2N8O2/c1-19-5-11-25(12-6-19)43-33(45)31(21(3)41-43)39-37-29-15-9-23(17-27(29)35)24-10-16-30(28(36)18-24)38-40-32-22(4)42-44(34(32)46)26-13-7-20(2)8-14-26/h5-18,31-32H,1-4H3/t31-,32-/m1/s1. The Hall–Kier alpha value is -5.06. The lowest BCUT2D eigenvalue weighted by molar-refractivity contribution is -0.118. The molecule has 0 unspecified atom stereocenters. The van der Waals surface area contributed by atoms with Gasteiger partial charge in [0.2, 0.25) is 0 Å². The van der Waals surface area contributed by atoms with Crippen molar-refractivity contribution in [2.45, 2.75) is 39.8 Å². The maximum atomic E-state index is 13.0. The van der Waals surface area contributed by atoms with Crippen molar-refractivity contribution in [3.8, 4) is 11.1 Å². The number of hydrogen-bond donors (Lipinski definition) is 0. The second kappa shape index (κ2) is 12.7. The summed E-state index contributed by atoms with van der Waals surface area (Å²) in [7, 11) is 0. The van der Waals surface area contributed by atoms with Crippen LogP contribution in [0, 0.1) is 13.8 Å². The number of anilines is 2. The molecule has 230 valence electrons. The predicted molar refractivity (Wildman–Crippen MR) is 182 cm³/mol. The van der Waals surface area contributed by atoms with Crippen LogP contribution in [0.1, 0.15) is 25.0 Å². The number of benzene rings is 4. The van der Waals surface area contributed by atoms with Gasteiger partial charge in [-0.25, -0.2) is 0 Å². The molecule has 2 atom stereocenters. The molecule has 0 fully saturated rings. The highest BCUT2D eigenvalue weighted by molar-refractivity contribution is 6.34. The molecule has 2 heterocycles. The predicted octanol–water partition coefficient (Wildman–Crippen LogP) is 9.03. The number of carbonyl (C=O) groups is 2. The zero-order valence-corrected chi connectivity index (χ0v) is 26.9. The van der Waals surface area contributed by atoms with E-state index in [1.165, 1.54) is 10.0 Å². The van der Waals surface area contributed by atoms with Crippen LogP contribution in [0.2, 0.25) is 10.0 Å². The van der Waals surface area contributed by atoms with Crippen LogP contribution < -0.4 is 10.0 Å². The minimum Gasteiger partial charge on any atom is -0.269 e. The summed E-state index contributed by atoms with van der Waals surface area (Å²) in [6.07, 6.45) is 0. The summed E-state index contributed by atoms with van der Waals surface area (Å²) in [5.41, 5.74) is 6.99. The van der Waals surface area contributed by atoms with Crippen LogP contribution >= 0.6 is 23.2 Å². The van der Waals surface area contributed by atoms with E-state index in [0.717, 1.165) is 22.3 Å². The van der Waals surface area contributed by atoms with Crippen LogP contribution in [0.5, 0.6) is 0 Å². The summed E-state index contributed by atoms with van der Waals surface area (Å²) in [5, 5.41) is 29.2. The Kier molecular flexibility index (Phi) is 8.57. The monoisotopic (exact) mass is 650 g/mol. The van der Waals surface area contributed by atoms with Gasteiger partial charge in [0.05, 0.1) is 32.8 Å². The molecule has 0 radical (unpaired) electrons. The molecule has 4 aromatic rings. The molecule has 10 nitrogen and oxygen atoms in total. The van der Waals surface area contributed by atoms with Crippen molar-refractivity contribution in [3.63, 3.8) is 0 Å². The molecule has 2 aliphatic heterocycles. The van der Waals surface area contributed by atoms with Crippen LogP contribution in [0.15, 0.2) is 116 Å². The summed E-state index contributed by atoms with van der Waals surface area (Å²) in [4.78, 5) is 26.0. The van der Waals surface area contributed by atoms with Gasteiger partial charge >= 0.3 is 0 Å². The molecule has 0 aliphatic carbocycles. The van der Waals surface area contributed by atoms with E-state index in [2.05, 4.69) is 30.7 Å². The Morgan fingerprint density at radius 1 is 0.565 bits per heavy atom. The summed E-state index contributed by atoms with van der Waals surface area (Å²) >= 11 is 13.1. The highest BCUT2D eigenvalue weighted by Gasteiger charge is 2.35. The van der Waals surface area contributed by atoms with Crippen molar-refractivity contribution < 1.29 is 9.59 Å². The first-order chi connectivity index (χ1) is 22.1. The molecular formula is C34H28Cl2N8O2. The Labute approximate surface area is 275 Å². The minimum absolute atomic E-state index is 0.284. The van der Waals surface area contributed by atoms with E-state index in [4.69, 9.17) is 23.2 Å². The minimum atomic E-state index is -0.835. The molecule has 2 amide bonds. The summed E-state index contributed by atoms with van der Waals surface area (Å²) < 4.78 is 0. The fraction of sp³-hybridized carbons (Fsp3) is 0.176. The quantitative estimate of drug-likeness (QED) is 0.186. The topological polar surface area (TPSA) is 115 Å². The summed E-state index contributed by atoms with van der Waals surface area (Å²) in [6, 6.07) is 24.0. The van der Waals surface area contributed by atoms with E-state index in [0.29, 0.717) is 44.2 Å². The average molecular weight is 652 g/mol. The van der Waals surface area contributed by atoms with Gasteiger partial charge < -0.3 is 0 Å². The summed E-state index contributed by atoms with van der Waals surface area (Å²) in [5.74, 6) is -0.568. The molecule has 6 rings (SSSR count). The zero-order chi connectivity index (χ0) is 32.5. The third-order valence-electron chi connectivity index (χ3n) is 7.54. The van der Waals surface area contributed by atoms with E-state index in [1.807, 2.05) is 74.5 Å². The molecular weight excluding hydrogens is 623 g/mol. The highest BCUT2D eigenvalue weighted by atomic mass is 35.5. The van der Waals surface area contributed by atoms with E-state index in [9.17, 15) is 9.59 Å². The second-order valence-electron chi connectivity index (χ2n) is 11.0. The number of carbonyl (C=O) groups excluding carboxylic acids is 2. The average Bonchev–Trinajstić information content (AvgIpc) is 3.49. The second-order valence-corrected chi connectivity index (χ2v) is 11.8. The fourth-order valence-corrected chi connectivity index (χ4v) is 5.33. The van der Waals surface area contributed by atoms with E-state index in [1.54, 1.807) is 38.1 Å². The van der Waals surface area contributed by atoms with Crippen LogP contribution in [0.25, 0.3) is 11.1 Å². The van der Waals surface area contributed by atoms with Gasteiger partial charge in [-0.15, -0.1) is 0 Å². The van der Waals surface area contributed by atoms with Crippen molar-refractivity contribution in [3.05, 3.63) is 106 Å². The first-order valence-electron chi connectivity index (χ1n) is 14.4. The van der Waals surface area contributed by atoms with Gasteiger partial charge in [-0.2, -0.15) is 40.7 Å². The number of halogens is 2. The molecule has 0 bridgehead atoms. The van der Waals surface area contributed by atoms with Crippen LogP contribution in [-0.4, -0.2) is 35.3 Å². The lowest BCUT2D eigenvalue weighted by atomic mass is 10.0. The Bertz CT molecular complexity index is 1830. The van der Waals surface area contributed by atoms with Gasteiger partial charge in [0.25, 0.3) is 11.8 Å². The highest BCUT2D eigenvalue weighted by Crippen LogP contribution is 2.35. The molecule has 46 heavy (non-hydrogen) atoms. The van der Waals surface area contributed by atoms with Crippen molar-refractivity contribution >= 4 is 69.2 Å². The third-order valence-corrected chi connectivity index (χ3v) is 8.15. The van der Waals surface area contributed by atoms with Crippen LogP contribution in [0.4, 0.5) is 22.7 Å². The number of amides is 2. The molecule has 0 N–H and O–H groups in total. The molecule has 2 aliphatic rings. The maximum Gasteiger partial charge on any atom is 0.280 e. The number of azo groups is 2. The van der Waals surface area contributed by atoms with Gasteiger partial charge in [0.1, 0.15) is 11.4 Å². The Morgan fingerprint density at radius 3 is 1.28 bits per heavy atom. The molecule has 0 aromatic heterocycles. The normalized spacial score (nSPS) is 18.3. The summed E-state index contributed by atoms with van der Waals surface area (Å²) in [6.45, 7) is 7.44. The van der Waals surface area contributed by atoms with Gasteiger partial charge in [0.15, 0.2) is 12.1 Å². The van der Waals surface area contributed by atoms with Gasteiger partial charge in [-0.3, -0.25) is 9.59 Å². The number of hydrogen-bond acceptors (Lipinski definition) is 8. The number of rotatable bonds is 7. The van der Waals surface area contributed by atoms with Gasteiger partial charge in [-0.1, -0.05) is 70.7 Å². The van der Waals surface area contributed by atoms with Crippen molar-refractivity contribution in [1.29, 1.82) is 0 Å². The van der Waals surface area contributed by atoms with Crippen molar-refractivity contribution in [2.24, 2.45) is 30.7 Å². The lowest BCUT2D eigenvalue weighted by Crippen LogP contribution is -2.29. The third kappa shape index (κ3) is 6.22. The largest absolute Gasteiger partial charge is 0.280 e. The molecule has 12 heteroatoms. The maximum absolute atomic E-state index is 13.0. The van der Waals surface area contributed by atoms with E-state index >= 15 is 0 Å². The van der Waals surface area contributed by atoms with E-state index < -0.39 is 12.1 Å².